The highest BCUT2D eigenvalue weighted by molar-refractivity contribution is 6.32. The van der Waals surface area contributed by atoms with Gasteiger partial charge in [-0.05, 0) is 19.1 Å². The van der Waals surface area contributed by atoms with E-state index in [2.05, 4.69) is 15.3 Å². The summed E-state index contributed by atoms with van der Waals surface area (Å²) in [4.78, 5) is 25.6. The van der Waals surface area contributed by atoms with Crippen molar-refractivity contribution in [1.82, 2.24) is 30.0 Å². The molecule has 1 fully saturated rings. The summed E-state index contributed by atoms with van der Waals surface area (Å²) in [7, 11) is 0. The van der Waals surface area contributed by atoms with E-state index >= 15 is 0 Å². The number of nitrogens with one attached hydrogen (secondary N) is 1. The summed E-state index contributed by atoms with van der Waals surface area (Å²) in [5, 5.41) is 8.91. The van der Waals surface area contributed by atoms with Gasteiger partial charge in [0.25, 0.3) is 0 Å². The number of rotatable bonds is 4. The fraction of sp³-hybridized carbons (Fsp3) is 0.400. The number of carbonyl (C=O) groups is 1. The van der Waals surface area contributed by atoms with E-state index in [4.69, 9.17) is 21.6 Å². The highest BCUT2D eigenvalue weighted by Gasteiger charge is 2.25. The minimum atomic E-state index is -0.0132. The zero-order valence-electron chi connectivity index (χ0n) is 16.6. The van der Waals surface area contributed by atoms with Gasteiger partial charge in [0.2, 0.25) is 0 Å². The van der Waals surface area contributed by atoms with Gasteiger partial charge in [0.05, 0.1) is 22.3 Å². The number of aryl methyl sites for hydroxylation is 1. The Kier molecular flexibility index (Phi) is 5.53. The van der Waals surface area contributed by atoms with Crippen LogP contribution < -0.4 is 10.2 Å². The predicted molar refractivity (Wildman–Crippen MR) is 114 cm³/mol. The Morgan fingerprint density at radius 2 is 1.90 bits per heavy atom. The Morgan fingerprint density at radius 3 is 2.59 bits per heavy atom. The maximum atomic E-state index is 12.1. The van der Waals surface area contributed by atoms with Crippen LogP contribution in [0.25, 0.3) is 16.7 Å². The molecule has 29 heavy (non-hydrogen) atoms. The van der Waals surface area contributed by atoms with Crippen LogP contribution in [0.3, 0.4) is 0 Å². The van der Waals surface area contributed by atoms with Crippen molar-refractivity contribution >= 4 is 34.5 Å². The average Bonchev–Trinajstić information content (AvgIpc) is 3.17. The van der Waals surface area contributed by atoms with Gasteiger partial charge in [-0.15, -0.1) is 0 Å². The van der Waals surface area contributed by atoms with Crippen LogP contribution in [-0.4, -0.2) is 63.4 Å². The number of nitrogens with zero attached hydrogens (tertiary/aromatic N) is 6. The largest absolute Gasteiger partial charge is 0.352 e. The second-order valence-corrected chi connectivity index (χ2v) is 7.28. The van der Waals surface area contributed by atoms with E-state index in [9.17, 15) is 4.79 Å². The van der Waals surface area contributed by atoms with Gasteiger partial charge in [-0.2, -0.15) is 5.10 Å². The minimum Gasteiger partial charge on any atom is -0.352 e. The first-order chi connectivity index (χ1) is 14.1. The molecule has 152 valence electrons. The molecule has 1 saturated heterocycles. The van der Waals surface area contributed by atoms with Crippen molar-refractivity contribution in [3.63, 3.8) is 0 Å². The van der Waals surface area contributed by atoms with Crippen molar-refractivity contribution in [2.24, 2.45) is 0 Å². The zero-order valence-corrected chi connectivity index (χ0v) is 17.4. The summed E-state index contributed by atoms with van der Waals surface area (Å²) in [6, 6.07) is 7.57. The Morgan fingerprint density at radius 1 is 1.14 bits per heavy atom. The molecule has 3 aromatic rings. The molecule has 0 unspecified atom stereocenters. The maximum Gasteiger partial charge on any atom is 0.317 e. The first-order valence-corrected chi connectivity index (χ1v) is 10.3. The van der Waals surface area contributed by atoms with E-state index in [0.29, 0.717) is 37.7 Å². The molecule has 1 aliphatic rings. The van der Waals surface area contributed by atoms with Crippen LogP contribution in [0.4, 0.5) is 10.6 Å². The summed E-state index contributed by atoms with van der Waals surface area (Å²) in [6.45, 7) is 7.32. The number of halogens is 1. The second kappa shape index (κ2) is 8.24. The molecule has 0 saturated carbocycles. The third kappa shape index (κ3) is 3.72. The lowest BCUT2D eigenvalue weighted by Gasteiger charge is -2.35. The number of fused-ring (bicyclic) bond motifs is 1. The fourth-order valence-corrected chi connectivity index (χ4v) is 3.74. The number of para-hydroxylation sites is 1. The molecule has 2 amide bonds. The summed E-state index contributed by atoms with van der Waals surface area (Å²) < 4.78 is 1.77. The van der Waals surface area contributed by atoms with E-state index in [1.807, 2.05) is 43.0 Å². The van der Waals surface area contributed by atoms with Crippen molar-refractivity contribution in [2.45, 2.75) is 20.3 Å². The van der Waals surface area contributed by atoms with Gasteiger partial charge in [-0.3, -0.25) is 0 Å². The number of urea groups is 1. The van der Waals surface area contributed by atoms with Gasteiger partial charge in [-0.1, -0.05) is 30.7 Å². The average molecular weight is 414 g/mol. The third-order valence-electron chi connectivity index (χ3n) is 5.05. The summed E-state index contributed by atoms with van der Waals surface area (Å²) in [5.74, 6) is 1.62. The van der Waals surface area contributed by atoms with E-state index in [-0.39, 0.29) is 6.03 Å². The number of anilines is 1. The summed E-state index contributed by atoms with van der Waals surface area (Å²) in [6.07, 6.45) is 2.51. The topological polar surface area (TPSA) is 79.2 Å². The Bertz CT molecular complexity index is 1030. The molecule has 0 aliphatic carbocycles. The van der Waals surface area contributed by atoms with Crippen molar-refractivity contribution in [3.8, 4) is 5.69 Å². The van der Waals surface area contributed by atoms with Crippen molar-refractivity contribution < 1.29 is 4.79 Å². The van der Waals surface area contributed by atoms with Gasteiger partial charge < -0.3 is 15.1 Å². The molecule has 1 aromatic carbocycles. The van der Waals surface area contributed by atoms with E-state index < -0.39 is 0 Å². The van der Waals surface area contributed by atoms with Crippen LogP contribution in [-0.2, 0) is 6.42 Å². The number of aromatic nitrogens is 4. The highest BCUT2D eigenvalue weighted by atomic mass is 35.5. The van der Waals surface area contributed by atoms with Crippen LogP contribution in [0.1, 0.15) is 19.7 Å². The molecule has 0 bridgehead atoms. The quantitative estimate of drug-likeness (QED) is 0.711. The Balaban J connectivity index is 1.69. The lowest BCUT2D eigenvalue weighted by atomic mass is 10.2. The molecule has 0 spiro atoms. The van der Waals surface area contributed by atoms with Crippen LogP contribution in [0.2, 0.25) is 5.02 Å². The maximum absolute atomic E-state index is 12.1. The Labute approximate surface area is 174 Å². The smallest absolute Gasteiger partial charge is 0.317 e. The van der Waals surface area contributed by atoms with Gasteiger partial charge in [0.1, 0.15) is 11.6 Å². The van der Waals surface area contributed by atoms with Crippen LogP contribution in [0.5, 0.6) is 0 Å². The molecular formula is C20H24ClN7O. The molecule has 8 nitrogen and oxygen atoms in total. The molecule has 9 heteroatoms. The number of hydrogen-bond donors (Lipinski definition) is 1. The van der Waals surface area contributed by atoms with Crippen molar-refractivity contribution in [1.29, 1.82) is 0 Å². The summed E-state index contributed by atoms with van der Waals surface area (Å²) >= 11 is 6.39. The predicted octanol–water partition coefficient (Wildman–Crippen LogP) is 2.88. The second-order valence-electron chi connectivity index (χ2n) is 6.87. The van der Waals surface area contributed by atoms with Gasteiger partial charge in [0, 0.05) is 39.1 Å². The minimum absolute atomic E-state index is 0.0132. The van der Waals surface area contributed by atoms with Crippen molar-refractivity contribution in [3.05, 3.63) is 41.3 Å². The van der Waals surface area contributed by atoms with E-state index in [0.717, 1.165) is 34.8 Å². The molecule has 3 heterocycles. The highest BCUT2D eigenvalue weighted by Crippen LogP contribution is 2.29. The molecule has 1 N–H and O–H groups in total. The number of piperazine rings is 1. The molecule has 2 aromatic heterocycles. The van der Waals surface area contributed by atoms with E-state index in [1.54, 1.807) is 10.9 Å². The molecule has 0 radical (unpaired) electrons. The first kappa shape index (κ1) is 19.4. The standard InChI is InChI=1S/C20H24ClN7O/c1-3-17-24-18(26-9-11-27(12-10-26)20(29)22-4-2)14-13-23-28(19(14)25-17)16-8-6-5-7-15(16)21/h5-8,13H,3-4,9-12H2,1-2H3,(H,22,29). The number of hydrogen-bond acceptors (Lipinski definition) is 5. The lowest BCUT2D eigenvalue weighted by molar-refractivity contribution is 0.195. The molecule has 0 atom stereocenters. The van der Waals surface area contributed by atoms with Gasteiger partial charge in [-0.25, -0.2) is 19.4 Å². The number of benzene rings is 1. The molecule has 1 aliphatic heterocycles. The number of carbonyl (C=O) groups excluding carboxylic acids is 1. The Hall–Kier alpha value is -2.87. The lowest BCUT2D eigenvalue weighted by Crippen LogP contribution is -2.52. The molecule has 4 rings (SSSR count). The monoisotopic (exact) mass is 413 g/mol. The van der Waals surface area contributed by atoms with Crippen molar-refractivity contribution in [2.75, 3.05) is 37.6 Å². The SMILES string of the molecule is CCNC(=O)N1CCN(c2nc(CC)nc3c2cnn3-c2ccccc2Cl)CC1. The van der Waals surface area contributed by atoms with Crippen LogP contribution in [0, 0.1) is 0 Å². The van der Waals surface area contributed by atoms with Gasteiger partial charge in [0.15, 0.2) is 5.65 Å². The van der Waals surface area contributed by atoms with Gasteiger partial charge >= 0.3 is 6.03 Å². The fourth-order valence-electron chi connectivity index (χ4n) is 3.52. The number of amides is 2. The third-order valence-corrected chi connectivity index (χ3v) is 5.37. The van der Waals surface area contributed by atoms with Crippen LogP contribution >= 0.6 is 11.6 Å². The first-order valence-electron chi connectivity index (χ1n) is 9.89. The molecular weight excluding hydrogens is 390 g/mol. The van der Waals surface area contributed by atoms with Crippen LogP contribution in [0.15, 0.2) is 30.5 Å². The normalized spacial score (nSPS) is 14.4. The zero-order chi connectivity index (χ0) is 20.4. The van der Waals surface area contributed by atoms with E-state index in [1.165, 1.54) is 0 Å². The summed E-state index contributed by atoms with van der Waals surface area (Å²) in [5.41, 5.74) is 1.53.